The van der Waals surface area contributed by atoms with Gasteiger partial charge in [-0.3, -0.25) is 9.88 Å². The van der Waals surface area contributed by atoms with Crippen LogP contribution < -0.4 is 5.32 Å². The van der Waals surface area contributed by atoms with Crippen molar-refractivity contribution in [3.8, 4) is 0 Å². The van der Waals surface area contributed by atoms with Crippen LogP contribution in [0.5, 0.6) is 0 Å². The van der Waals surface area contributed by atoms with Crippen LogP contribution in [0.3, 0.4) is 0 Å². The number of nitrogens with zero attached hydrogens (tertiary/aromatic N) is 2. The molecule has 0 aromatic carbocycles. The van der Waals surface area contributed by atoms with Gasteiger partial charge in [-0.15, -0.1) is 0 Å². The van der Waals surface area contributed by atoms with E-state index in [1.807, 2.05) is 12.3 Å². The second kappa shape index (κ2) is 6.02. The molecule has 1 aromatic heterocycles. The first kappa shape index (κ1) is 14.5. The zero-order valence-corrected chi connectivity index (χ0v) is 12.7. The number of rotatable bonds is 4. The number of nitrogens with one attached hydrogen (secondary N) is 1. The van der Waals surface area contributed by atoms with Gasteiger partial charge in [0.2, 0.25) is 0 Å². The second-order valence-electron chi connectivity index (χ2n) is 5.98. The van der Waals surface area contributed by atoms with Crippen LogP contribution in [0.1, 0.15) is 44.9 Å². The van der Waals surface area contributed by atoms with Crippen LogP contribution in [0, 0.1) is 6.92 Å². The van der Waals surface area contributed by atoms with E-state index in [0.29, 0.717) is 6.04 Å². The van der Waals surface area contributed by atoms with Crippen molar-refractivity contribution in [3.63, 3.8) is 0 Å². The molecular formula is C16H27N3. The molecule has 1 N–H and O–H groups in total. The molecule has 0 radical (unpaired) electrons. The maximum atomic E-state index is 4.56. The van der Waals surface area contributed by atoms with Gasteiger partial charge in [0.15, 0.2) is 0 Å². The second-order valence-corrected chi connectivity index (χ2v) is 5.98. The Balaban J connectivity index is 2.16. The van der Waals surface area contributed by atoms with Crippen LogP contribution in [0.4, 0.5) is 0 Å². The Labute approximate surface area is 117 Å². The van der Waals surface area contributed by atoms with Gasteiger partial charge in [0.25, 0.3) is 0 Å². The van der Waals surface area contributed by atoms with Crippen molar-refractivity contribution in [2.75, 3.05) is 13.1 Å². The zero-order valence-electron chi connectivity index (χ0n) is 12.7. The molecule has 106 valence electrons. The average molecular weight is 261 g/mol. The van der Waals surface area contributed by atoms with Gasteiger partial charge in [-0.2, -0.15) is 0 Å². The number of aromatic nitrogens is 1. The molecule has 3 nitrogen and oxygen atoms in total. The summed E-state index contributed by atoms with van der Waals surface area (Å²) in [6.45, 7) is 12.2. The average Bonchev–Trinajstić information content (AvgIpc) is 2.43. The highest BCUT2D eigenvalue weighted by Crippen LogP contribution is 2.25. The molecule has 19 heavy (non-hydrogen) atoms. The summed E-state index contributed by atoms with van der Waals surface area (Å²) in [5, 5.41) is 3.68. The van der Waals surface area contributed by atoms with Gasteiger partial charge in [-0.05, 0) is 38.3 Å². The number of pyridine rings is 1. The summed E-state index contributed by atoms with van der Waals surface area (Å²) in [7, 11) is 0. The molecule has 0 spiro atoms. The molecule has 3 heteroatoms. The maximum Gasteiger partial charge on any atom is 0.0573 e. The molecule has 2 heterocycles. The first-order valence-electron chi connectivity index (χ1n) is 7.48. The van der Waals surface area contributed by atoms with Crippen LogP contribution in [-0.2, 0) is 6.54 Å². The summed E-state index contributed by atoms with van der Waals surface area (Å²) < 4.78 is 0. The Kier molecular flexibility index (Phi) is 4.58. The van der Waals surface area contributed by atoms with Crippen LogP contribution in [-0.4, -0.2) is 34.6 Å². The Morgan fingerprint density at radius 2 is 2.26 bits per heavy atom. The van der Waals surface area contributed by atoms with E-state index in [2.05, 4.69) is 49.0 Å². The van der Waals surface area contributed by atoms with Crippen LogP contribution in [0.2, 0.25) is 0 Å². The third kappa shape index (κ3) is 3.15. The van der Waals surface area contributed by atoms with Crippen molar-refractivity contribution in [1.29, 1.82) is 0 Å². The van der Waals surface area contributed by atoms with Crippen LogP contribution >= 0.6 is 0 Å². The van der Waals surface area contributed by atoms with Gasteiger partial charge in [0, 0.05) is 37.4 Å². The van der Waals surface area contributed by atoms with Crippen LogP contribution in [0.25, 0.3) is 0 Å². The van der Waals surface area contributed by atoms with Gasteiger partial charge in [-0.25, -0.2) is 0 Å². The first-order valence-corrected chi connectivity index (χ1v) is 7.48. The molecule has 2 unspecified atom stereocenters. The van der Waals surface area contributed by atoms with Crippen LogP contribution in [0.15, 0.2) is 18.3 Å². The summed E-state index contributed by atoms with van der Waals surface area (Å²) in [6.07, 6.45) is 4.27. The Bertz CT molecular complexity index is 418. The molecule has 0 bridgehead atoms. The summed E-state index contributed by atoms with van der Waals surface area (Å²) in [4.78, 5) is 7.18. The number of hydrogen-bond acceptors (Lipinski definition) is 3. The molecule has 0 amide bonds. The van der Waals surface area contributed by atoms with E-state index < -0.39 is 0 Å². The molecule has 1 fully saturated rings. The molecule has 1 aliphatic heterocycles. The van der Waals surface area contributed by atoms with Crippen molar-refractivity contribution in [2.24, 2.45) is 0 Å². The SMILES string of the molecule is CCC1CN(Cc2ncccc2C)C(C)(CC)CN1. The Morgan fingerprint density at radius 3 is 2.89 bits per heavy atom. The van der Waals surface area contributed by atoms with Gasteiger partial charge in [0.05, 0.1) is 5.69 Å². The van der Waals surface area contributed by atoms with Gasteiger partial charge in [0.1, 0.15) is 0 Å². The predicted octanol–water partition coefficient (Wildman–Crippen LogP) is 2.74. The quantitative estimate of drug-likeness (QED) is 0.903. The normalized spacial score (nSPS) is 28.5. The highest BCUT2D eigenvalue weighted by molar-refractivity contribution is 5.18. The first-order chi connectivity index (χ1) is 9.09. The smallest absolute Gasteiger partial charge is 0.0573 e. The summed E-state index contributed by atoms with van der Waals surface area (Å²) in [5.41, 5.74) is 2.77. The predicted molar refractivity (Wildman–Crippen MR) is 80.2 cm³/mol. The summed E-state index contributed by atoms with van der Waals surface area (Å²) >= 11 is 0. The molecule has 2 atom stereocenters. The van der Waals surface area contributed by atoms with Crippen molar-refractivity contribution in [1.82, 2.24) is 15.2 Å². The minimum atomic E-state index is 0.246. The molecule has 0 aliphatic carbocycles. The fourth-order valence-electron chi connectivity index (χ4n) is 2.77. The van der Waals surface area contributed by atoms with Gasteiger partial charge < -0.3 is 5.32 Å². The molecule has 0 saturated carbocycles. The van der Waals surface area contributed by atoms with Crippen molar-refractivity contribution >= 4 is 0 Å². The lowest BCUT2D eigenvalue weighted by Gasteiger charge is -2.48. The largest absolute Gasteiger partial charge is 0.311 e. The monoisotopic (exact) mass is 261 g/mol. The van der Waals surface area contributed by atoms with E-state index in [1.54, 1.807) is 0 Å². The minimum Gasteiger partial charge on any atom is -0.311 e. The molecular weight excluding hydrogens is 234 g/mol. The molecule has 1 aliphatic rings. The van der Waals surface area contributed by atoms with Crippen molar-refractivity contribution < 1.29 is 0 Å². The fourth-order valence-corrected chi connectivity index (χ4v) is 2.77. The van der Waals surface area contributed by atoms with Gasteiger partial charge in [-0.1, -0.05) is 19.9 Å². The lowest BCUT2D eigenvalue weighted by molar-refractivity contribution is 0.0396. The van der Waals surface area contributed by atoms with Gasteiger partial charge >= 0.3 is 0 Å². The van der Waals surface area contributed by atoms with E-state index in [4.69, 9.17) is 0 Å². The highest BCUT2D eigenvalue weighted by atomic mass is 15.3. The number of hydrogen-bond donors (Lipinski definition) is 1. The van der Waals surface area contributed by atoms with E-state index in [9.17, 15) is 0 Å². The lowest BCUT2D eigenvalue weighted by atomic mass is 9.91. The van der Waals surface area contributed by atoms with E-state index in [0.717, 1.165) is 19.6 Å². The number of piperazine rings is 1. The topological polar surface area (TPSA) is 28.2 Å². The third-order valence-corrected chi connectivity index (χ3v) is 4.69. The third-order valence-electron chi connectivity index (χ3n) is 4.69. The van der Waals surface area contributed by atoms with Crippen molar-refractivity contribution in [2.45, 2.75) is 58.7 Å². The fraction of sp³-hybridized carbons (Fsp3) is 0.688. The molecule has 2 rings (SSSR count). The van der Waals surface area contributed by atoms with Crippen molar-refractivity contribution in [3.05, 3.63) is 29.6 Å². The minimum absolute atomic E-state index is 0.246. The van der Waals surface area contributed by atoms with E-state index in [-0.39, 0.29) is 5.54 Å². The highest BCUT2D eigenvalue weighted by Gasteiger charge is 2.35. The maximum absolute atomic E-state index is 4.56. The van der Waals surface area contributed by atoms with E-state index in [1.165, 1.54) is 24.1 Å². The Morgan fingerprint density at radius 1 is 1.47 bits per heavy atom. The molecule has 1 saturated heterocycles. The summed E-state index contributed by atoms with van der Waals surface area (Å²) in [6, 6.07) is 4.79. The number of aryl methyl sites for hydroxylation is 1. The zero-order chi connectivity index (χ0) is 13.9. The Hall–Kier alpha value is -0.930. The standard InChI is InChI=1S/C16H27N3/c1-5-14-10-19(16(4,6-2)12-18-14)11-15-13(3)8-7-9-17-15/h7-9,14,18H,5-6,10-12H2,1-4H3. The lowest BCUT2D eigenvalue weighted by Crippen LogP contribution is -2.62. The summed E-state index contributed by atoms with van der Waals surface area (Å²) in [5.74, 6) is 0. The van der Waals surface area contributed by atoms with E-state index >= 15 is 0 Å². The molecule has 1 aromatic rings.